The zero-order valence-corrected chi connectivity index (χ0v) is 15.4. The molecule has 0 aliphatic heterocycles. The molecular formula is C20H20F3NO4. The Morgan fingerprint density at radius 1 is 1.04 bits per heavy atom. The number of hydrogen-bond acceptors (Lipinski definition) is 4. The van der Waals surface area contributed by atoms with Crippen LogP contribution in [0.1, 0.15) is 28.4 Å². The lowest BCUT2D eigenvalue weighted by Gasteiger charge is -2.12. The van der Waals surface area contributed by atoms with E-state index in [0.717, 1.165) is 12.1 Å². The quantitative estimate of drug-likeness (QED) is 0.693. The molecule has 0 spiro atoms. The van der Waals surface area contributed by atoms with Crippen LogP contribution in [0, 0.1) is 0 Å². The van der Waals surface area contributed by atoms with Crippen molar-refractivity contribution in [1.82, 2.24) is 5.32 Å². The van der Waals surface area contributed by atoms with Crippen molar-refractivity contribution >= 4 is 11.7 Å². The standard InChI is InChI=1S/C20H20F3NO4/c1-13(25)15-5-8-17(18(11-15)27-2)28-12-19(26)24-10-9-14-3-6-16(7-4-14)20(21,22)23/h3-8,11H,9-10,12H2,1-2H3,(H,24,26). The normalized spacial score (nSPS) is 11.0. The number of nitrogens with one attached hydrogen (secondary N) is 1. The van der Waals surface area contributed by atoms with Crippen molar-refractivity contribution in [2.24, 2.45) is 0 Å². The Balaban J connectivity index is 1.81. The second kappa shape index (κ2) is 9.25. The van der Waals surface area contributed by atoms with Crippen molar-refractivity contribution in [3.8, 4) is 11.5 Å². The van der Waals surface area contributed by atoms with Crippen molar-refractivity contribution in [3.63, 3.8) is 0 Å². The van der Waals surface area contributed by atoms with E-state index in [1.165, 1.54) is 32.2 Å². The van der Waals surface area contributed by atoms with Gasteiger partial charge in [-0.3, -0.25) is 9.59 Å². The minimum atomic E-state index is -4.37. The maximum Gasteiger partial charge on any atom is 0.416 e. The summed E-state index contributed by atoms with van der Waals surface area (Å²) in [6.07, 6.45) is -3.98. The Labute approximate surface area is 160 Å². The second-order valence-corrected chi connectivity index (χ2v) is 6.01. The van der Waals surface area contributed by atoms with Gasteiger partial charge in [-0.1, -0.05) is 12.1 Å². The molecule has 150 valence electrons. The number of carbonyl (C=O) groups excluding carboxylic acids is 2. The first-order valence-corrected chi connectivity index (χ1v) is 8.45. The third-order valence-corrected chi connectivity index (χ3v) is 3.95. The Bertz CT molecular complexity index is 832. The first kappa shape index (κ1) is 21.3. The van der Waals surface area contributed by atoms with Gasteiger partial charge in [-0.25, -0.2) is 0 Å². The molecule has 2 rings (SSSR count). The molecule has 2 aromatic carbocycles. The van der Waals surface area contributed by atoms with Crippen LogP contribution in [0.15, 0.2) is 42.5 Å². The molecule has 0 aliphatic rings. The maximum atomic E-state index is 12.5. The van der Waals surface area contributed by atoms with Gasteiger partial charge in [-0.2, -0.15) is 13.2 Å². The van der Waals surface area contributed by atoms with Gasteiger partial charge in [-0.05, 0) is 49.2 Å². The van der Waals surface area contributed by atoms with Crippen LogP contribution in [0.25, 0.3) is 0 Å². The van der Waals surface area contributed by atoms with Crippen LogP contribution in [0.4, 0.5) is 13.2 Å². The number of rotatable bonds is 8. The fraction of sp³-hybridized carbons (Fsp3) is 0.300. The number of ether oxygens (including phenoxy) is 2. The summed E-state index contributed by atoms with van der Waals surface area (Å²) in [7, 11) is 1.43. The molecule has 0 radical (unpaired) electrons. The van der Waals surface area contributed by atoms with Gasteiger partial charge in [0, 0.05) is 12.1 Å². The second-order valence-electron chi connectivity index (χ2n) is 6.01. The molecule has 1 N–H and O–H groups in total. The van der Waals surface area contributed by atoms with Crippen LogP contribution in [-0.2, 0) is 17.4 Å². The highest BCUT2D eigenvalue weighted by molar-refractivity contribution is 5.94. The molecule has 0 bridgehead atoms. The summed E-state index contributed by atoms with van der Waals surface area (Å²) < 4.78 is 48.1. The monoisotopic (exact) mass is 395 g/mol. The Morgan fingerprint density at radius 2 is 1.71 bits per heavy atom. The number of alkyl halides is 3. The Hall–Kier alpha value is -3.03. The number of Topliss-reactive ketones (excluding diaryl/α,β-unsaturated/α-hetero) is 1. The number of hydrogen-bond donors (Lipinski definition) is 1. The van der Waals surface area contributed by atoms with Crippen LogP contribution in [0.5, 0.6) is 11.5 Å². The minimum absolute atomic E-state index is 0.120. The summed E-state index contributed by atoms with van der Waals surface area (Å²) in [5.74, 6) is 0.158. The summed E-state index contributed by atoms with van der Waals surface area (Å²) in [5, 5.41) is 2.63. The molecular weight excluding hydrogens is 375 g/mol. The molecule has 2 aromatic rings. The van der Waals surface area contributed by atoms with Crippen molar-refractivity contribution in [3.05, 3.63) is 59.2 Å². The van der Waals surface area contributed by atoms with E-state index in [4.69, 9.17) is 9.47 Å². The van der Waals surface area contributed by atoms with E-state index in [2.05, 4.69) is 5.32 Å². The zero-order chi connectivity index (χ0) is 20.7. The zero-order valence-electron chi connectivity index (χ0n) is 15.4. The lowest BCUT2D eigenvalue weighted by Crippen LogP contribution is -2.30. The predicted molar refractivity (Wildman–Crippen MR) is 96.7 cm³/mol. The SMILES string of the molecule is COc1cc(C(C)=O)ccc1OCC(=O)NCCc1ccc(C(F)(F)F)cc1. The third kappa shape index (κ3) is 6.00. The van der Waals surface area contributed by atoms with E-state index in [0.29, 0.717) is 29.0 Å². The van der Waals surface area contributed by atoms with Gasteiger partial charge in [0.2, 0.25) is 0 Å². The van der Waals surface area contributed by atoms with Gasteiger partial charge in [0.25, 0.3) is 5.91 Å². The number of amides is 1. The van der Waals surface area contributed by atoms with Gasteiger partial charge >= 0.3 is 6.18 Å². The number of carbonyl (C=O) groups is 2. The highest BCUT2D eigenvalue weighted by atomic mass is 19.4. The highest BCUT2D eigenvalue weighted by Crippen LogP contribution is 2.29. The van der Waals surface area contributed by atoms with Crippen molar-refractivity contribution in [2.75, 3.05) is 20.3 Å². The summed E-state index contributed by atoms with van der Waals surface area (Å²) >= 11 is 0. The van der Waals surface area contributed by atoms with Gasteiger partial charge < -0.3 is 14.8 Å². The molecule has 8 heteroatoms. The van der Waals surface area contributed by atoms with Crippen LogP contribution in [0.3, 0.4) is 0 Å². The fourth-order valence-electron chi connectivity index (χ4n) is 2.41. The van der Waals surface area contributed by atoms with Crippen molar-refractivity contribution in [2.45, 2.75) is 19.5 Å². The van der Waals surface area contributed by atoms with Crippen LogP contribution >= 0.6 is 0 Å². The molecule has 5 nitrogen and oxygen atoms in total. The third-order valence-electron chi connectivity index (χ3n) is 3.95. The number of benzene rings is 2. The highest BCUT2D eigenvalue weighted by Gasteiger charge is 2.29. The first-order chi connectivity index (χ1) is 13.2. The Morgan fingerprint density at radius 3 is 2.29 bits per heavy atom. The number of halogens is 3. The minimum Gasteiger partial charge on any atom is -0.493 e. The smallest absolute Gasteiger partial charge is 0.416 e. The first-order valence-electron chi connectivity index (χ1n) is 8.45. The molecule has 1 amide bonds. The number of ketones is 1. The lowest BCUT2D eigenvalue weighted by molar-refractivity contribution is -0.137. The average molecular weight is 395 g/mol. The topological polar surface area (TPSA) is 64.6 Å². The summed E-state index contributed by atoms with van der Waals surface area (Å²) in [6.45, 7) is 1.43. The fourth-order valence-corrected chi connectivity index (χ4v) is 2.41. The van der Waals surface area contributed by atoms with Gasteiger partial charge in [0.1, 0.15) is 0 Å². The van der Waals surface area contributed by atoms with Gasteiger partial charge in [0.15, 0.2) is 23.9 Å². The van der Waals surface area contributed by atoms with Gasteiger partial charge in [-0.15, -0.1) is 0 Å². The van der Waals surface area contributed by atoms with E-state index >= 15 is 0 Å². The van der Waals surface area contributed by atoms with Crippen LogP contribution in [0.2, 0.25) is 0 Å². The van der Waals surface area contributed by atoms with Crippen LogP contribution in [-0.4, -0.2) is 32.0 Å². The van der Waals surface area contributed by atoms with Gasteiger partial charge in [0.05, 0.1) is 12.7 Å². The number of methoxy groups -OCH3 is 1. The molecule has 0 aromatic heterocycles. The Kier molecular flexibility index (Phi) is 7.03. The molecule has 0 aliphatic carbocycles. The molecule has 28 heavy (non-hydrogen) atoms. The average Bonchev–Trinajstić information content (AvgIpc) is 2.65. The van der Waals surface area contributed by atoms with E-state index in [-0.39, 0.29) is 24.8 Å². The molecule has 0 saturated carbocycles. The van der Waals surface area contributed by atoms with E-state index in [9.17, 15) is 22.8 Å². The van der Waals surface area contributed by atoms with E-state index in [1.54, 1.807) is 12.1 Å². The molecule has 0 atom stereocenters. The van der Waals surface area contributed by atoms with Crippen LogP contribution < -0.4 is 14.8 Å². The molecule has 0 saturated heterocycles. The summed E-state index contributed by atoms with van der Waals surface area (Å²) in [6, 6.07) is 9.43. The molecule has 0 fully saturated rings. The summed E-state index contributed by atoms with van der Waals surface area (Å²) in [5.41, 5.74) is 0.430. The maximum absolute atomic E-state index is 12.5. The molecule has 0 heterocycles. The largest absolute Gasteiger partial charge is 0.493 e. The van der Waals surface area contributed by atoms with Crippen molar-refractivity contribution < 1.29 is 32.2 Å². The van der Waals surface area contributed by atoms with E-state index in [1.807, 2.05) is 0 Å². The lowest BCUT2D eigenvalue weighted by atomic mass is 10.1. The van der Waals surface area contributed by atoms with E-state index < -0.39 is 11.7 Å². The summed E-state index contributed by atoms with van der Waals surface area (Å²) in [4.78, 5) is 23.3. The predicted octanol–water partition coefficient (Wildman–Crippen LogP) is 3.65. The molecule has 0 unspecified atom stereocenters. The van der Waals surface area contributed by atoms with Crippen molar-refractivity contribution in [1.29, 1.82) is 0 Å².